The van der Waals surface area contributed by atoms with Crippen LogP contribution in [0, 0.1) is 11.3 Å². The van der Waals surface area contributed by atoms with E-state index in [1.165, 1.54) is 6.33 Å². The topological polar surface area (TPSA) is 103 Å². The highest BCUT2D eigenvalue weighted by atomic mass is 16.5. The van der Waals surface area contributed by atoms with Gasteiger partial charge in [-0.3, -0.25) is 4.79 Å². The standard InChI is InChI=1S/C18H20N6O2/c19-12-14-2-1-3-15(10-14)18(25)21-5-4-20-16-11-17(23-13-22-16)24-6-8-26-9-7-24/h1-3,10-11,13H,4-9H2,(H,21,25)(H,20,22,23). The molecule has 1 aliphatic rings. The lowest BCUT2D eigenvalue weighted by Crippen LogP contribution is -2.36. The minimum Gasteiger partial charge on any atom is -0.378 e. The molecule has 0 radical (unpaired) electrons. The Morgan fingerprint density at radius 2 is 2.08 bits per heavy atom. The predicted octanol–water partition coefficient (Wildman–Crippen LogP) is 1.03. The largest absolute Gasteiger partial charge is 0.378 e. The highest BCUT2D eigenvalue weighted by molar-refractivity contribution is 5.94. The summed E-state index contributed by atoms with van der Waals surface area (Å²) in [4.78, 5) is 22.7. The van der Waals surface area contributed by atoms with Gasteiger partial charge in [-0.2, -0.15) is 5.26 Å². The fraction of sp³-hybridized carbons (Fsp3) is 0.333. The van der Waals surface area contributed by atoms with Gasteiger partial charge in [0.25, 0.3) is 5.91 Å². The number of aromatic nitrogens is 2. The van der Waals surface area contributed by atoms with Crippen molar-refractivity contribution in [2.24, 2.45) is 0 Å². The molecule has 0 saturated carbocycles. The average molecular weight is 352 g/mol. The first-order valence-electron chi connectivity index (χ1n) is 8.43. The van der Waals surface area contributed by atoms with E-state index >= 15 is 0 Å². The Labute approximate surface area is 151 Å². The maximum Gasteiger partial charge on any atom is 0.251 e. The van der Waals surface area contributed by atoms with Crippen molar-refractivity contribution in [3.05, 3.63) is 47.8 Å². The van der Waals surface area contributed by atoms with Gasteiger partial charge in [0.1, 0.15) is 18.0 Å². The third-order valence-corrected chi connectivity index (χ3v) is 3.96. The number of nitriles is 1. The summed E-state index contributed by atoms with van der Waals surface area (Å²) in [7, 11) is 0. The Balaban J connectivity index is 1.47. The van der Waals surface area contributed by atoms with Gasteiger partial charge in [0.15, 0.2) is 0 Å². The molecule has 26 heavy (non-hydrogen) atoms. The van der Waals surface area contributed by atoms with Gasteiger partial charge in [-0.1, -0.05) is 6.07 Å². The zero-order valence-corrected chi connectivity index (χ0v) is 14.3. The summed E-state index contributed by atoms with van der Waals surface area (Å²) < 4.78 is 5.35. The van der Waals surface area contributed by atoms with Crippen LogP contribution in [0.1, 0.15) is 15.9 Å². The minimum absolute atomic E-state index is 0.208. The van der Waals surface area contributed by atoms with E-state index in [9.17, 15) is 4.79 Å². The van der Waals surface area contributed by atoms with Crippen LogP contribution in [0.2, 0.25) is 0 Å². The summed E-state index contributed by atoms with van der Waals surface area (Å²) >= 11 is 0. The molecule has 1 aromatic heterocycles. The monoisotopic (exact) mass is 352 g/mol. The van der Waals surface area contributed by atoms with E-state index in [2.05, 4.69) is 25.5 Å². The highest BCUT2D eigenvalue weighted by Crippen LogP contribution is 2.15. The molecule has 0 atom stereocenters. The number of benzene rings is 1. The molecule has 2 heterocycles. The third-order valence-electron chi connectivity index (χ3n) is 3.96. The molecule has 1 aromatic carbocycles. The van der Waals surface area contributed by atoms with Gasteiger partial charge in [0.2, 0.25) is 0 Å². The maximum absolute atomic E-state index is 12.1. The van der Waals surface area contributed by atoms with Crippen molar-refractivity contribution in [3.63, 3.8) is 0 Å². The summed E-state index contributed by atoms with van der Waals surface area (Å²) in [5, 5.41) is 14.9. The van der Waals surface area contributed by atoms with Crippen LogP contribution in [0.15, 0.2) is 36.7 Å². The van der Waals surface area contributed by atoms with Crippen LogP contribution in [0.4, 0.5) is 11.6 Å². The number of carbonyl (C=O) groups is 1. The van der Waals surface area contributed by atoms with Crippen LogP contribution in [-0.4, -0.2) is 55.3 Å². The van der Waals surface area contributed by atoms with Crippen LogP contribution in [0.25, 0.3) is 0 Å². The molecule has 1 aliphatic heterocycles. The summed E-state index contributed by atoms with van der Waals surface area (Å²) in [5.74, 6) is 1.37. The number of nitrogens with one attached hydrogen (secondary N) is 2. The van der Waals surface area contributed by atoms with Crippen molar-refractivity contribution in [2.75, 3.05) is 49.6 Å². The summed E-state index contributed by atoms with van der Waals surface area (Å²) in [6.45, 7) is 4.00. The van der Waals surface area contributed by atoms with Crippen molar-refractivity contribution >= 4 is 17.5 Å². The van der Waals surface area contributed by atoms with Crippen LogP contribution in [0.5, 0.6) is 0 Å². The predicted molar refractivity (Wildman–Crippen MR) is 97.0 cm³/mol. The van der Waals surface area contributed by atoms with Gasteiger partial charge < -0.3 is 20.3 Å². The zero-order chi connectivity index (χ0) is 18.2. The molecular weight excluding hydrogens is 332 g/mol. The van der Waals surface area contributed by atoms with Crippen molar-refractivity contribution in [1.29, 1.82) is 5.26 Å². The highest BCUT2D eigenvalue weighted by Gasteiger charge is 2.13. The van der Waals surface area contributed by atoms with Gasteiger partial charge in [-0.05, 0) is 18.2 Å². The van der Waals surface area contributed by atoms with E-state index < -0.39 is 0 Å². The second-order valence-corrected chi connectivity index (χ2v) is 5.74. The Morgan fingerprint density at radius 3 is 2.88 bits per heavy atom. The van der Waals surface area contributed by atoms with Crippen molar-refractivity contribution in [3.8, 4) is 6.07 Å². The van der Waals surface area contributed by atoms with Gasteiger partial charge >= 0.3 is 0 Å². The van der Waals surface area contributed by atoms with Gasteiger partial charge in [0, 0.05) is 37.8 Å². The van der Waals surface area contributed by atoms with E-state index in [1.54, 1.807) is 24.3 Å². The number of hydrogen-bond donors (Lipinski definition) is 2. The lowest BCUT2D eigenvalue weighted by atomic mass is 10.1. The van der Waals surface area contributed by atoms with Gasteiger partial charge in [0.05, 0.1) is 24.8 Å². The van der Waals surface area contributed by atoms with Crippen molar-refractivity contribution in [2.45, 2.75) is 0 Å². The summed E-state index contributed by atoms with van der Waals surface area (Å²) in [6, 6.07) is 10.5. The number of rotatable bonds is 6. The molecule has 1 amide bonds. The number of morpholine rings is 1. The van der Waals surface area contributed by atoms with Crippen molar-refractivity contribution < 1.29 is 9.53 Å². The van der Waals surface area contributed by atoms with Crippen LogP contribution in [-0.2, 0) is 4.74 Å². The Morgan fingerprint density at radius 1 is 1.23 bits per heavy atom. The fourth-order valence-electron chi connectivity index (χ4n) is 2.61. The lowest BCUT2D eigenvalue weighted by molar-refractivity contribution is 0.0955. The number of amides is 1. The van der Waals surface area contributed by atoms with Crippen molar-refractivity contribution in [1.82, 2.24) is 15.3 Å². The molecule has 2 N–H and O–H groups in total. The third kappa shape index (κ3) is 4.68. The molecule has 0 aliphatic carbocycles. The first-order valence-corrected chi connectivity index (χ1v) is 8.43. The molecule has 8 heteroatoms. The second-order valence-electron chi connectivity index (χ2n) is 5.74. The lowest BCUT2D eigenvalue weighted by Gasteiger charge is -2.27. The molecule has 3 rings (SSSR count). The number of anilines is 2. The molecule has 1 fully saturated rings. The van der Waals surface area contributed by atoms with E-state index in [0.717, 1.165) is 18.9 Å². The molecule has 0 spiro atoms. The number of nitrogens with zero attached hydrogens (tertiary/aromatic N) is 4. The average Bonchev–Trinajstić information content (AvgIpc) is 2.72. The van der Waals surface area contributed by atoms with E-state index in [-0.39, 0.29) is 5.91 Å². The molecule has 8 nitrogen and oxygen atoms in total. The fourth-order valence-corrected chi connectivity index (χ4v) is 2.61. The Kier molecular flexibility index (Phi) is 5.96. The number of ether oxygens (including phenoxy) is 1. The van der Waals surface area contributed by atoms with Gasteiger partial charge in [-0.25, -0.2) is 9.97 Å². The molecule has 0 bridgehead atoms. The van der Waals surface area contributed by atoms with E-state index in [0.29, 0.717) is 43.2 Å². The molecule has 0 unspecified atom stereocenters. The minimum atomic E-state index is -0.208. The SMILES string of the molecule is N#Cc1cccc(C(=O)NCCNc2cc(N3CCOCC3)ncn2)c1. The Hall–Kier alpha value is -3.18. The van der Waals surface area contributed by atoms with E-state index in [1.807, 2.05) is 12.1 Å². The first-order chi connectivity index (χ1) is 12.8. The second kappa shape index (κ2) is 8.78. The quantitative estimate of drug-likeness (QED) is 0.748. The number of carbonyl (C=O) groups excluding carboxylic acids is 1. The molecule has 134 valence electrons. The van der Waals surface area contributed by atoms with E-state index in [4.69, 9.17) is 10.00 Å². The molecule has 1 saturated heterocycles. The summed E-state index contributed by atoms with van der Waals surface area (Å²) in [5.41, 5.74) is 0.938. The first kappa shape index (κ1) is 17.6. The molecular formula is C18H20N6O2. The summed E-state index contributed by atoms with van der Waals surface area (Å²) in [6.07, 6.45) is 1.53. The van der Waals surface area contributed by atoms with Crippen LogP contribution < -0.4 is 15.5 Å². The van der Waals surface area contributed by atoms with Gasteiger partial charge in [-0.15, -0.1) is 0 Å². The van der Waals surface area contributed by atoms with Crippen LogP contribution >= 0.6 is 0 Å². The smallest absolute Gasteiger partial charge is 0.251 e. The number of hydrogen-bond acceptors (Lipinski definition) is 7. The maximum atomic E-state index is 12.1. The van der Waals surface area contributed by atoms with Crippen LogP contribution in [0.3, 0.4) is 0 Å². The normalized spacial score (nSPS) is 13.7. The Bertz CT molecular complexity index is 798. The zero-order valence-electron chi connectivity index (χ0n) is 14.3. The molecule has 2 aromatic rings.